The summed E-state index contributed by atoms with van der Waals surface area (Å²) in [4.78, 5) is 0. The molecular weight excluding hydrogens is 224 g/mol. The maximum Gasteiger partial charge on any atom is -0.00979 e. The van der Waals surface area contributed by atoms with Gasteiger partial charge in [-0.1, -0.05) is 51.4 Å². The Hall–Kier alpha value is 0.350. The molecule has 0 aromatic carbocycles. The SMILES string of the molecule is SCCCCCCCCCCC[C]1[CH][CH][CH][CH]1. The smallest absolute Gasteiger partial charge is 0.00979 e. The largest absolute Gasteiger partial charge is 0.179 e. The molecular formula is C16H27S. The molecule has 97 valence electrons. The first-order valence-electron chi connectivity index (χ1n) is 7.25. The number of unbranched alkanes of at least 4 members (excludes halogenated alkanes) is 8. The molecule has 0 unspecified atom stereocenters. The second kappa shape index (κ2) is 11.4. The Balaban J connectivity index is 1.69. The molecule has 0 N–H and O–H groups in total. The van der Waals surface area contributed by atoms with E-state index in [2.05, 4.69) is 38.3 Å². The van der Waals surface area contributed by atoms with Crippen LogP contribution in [0.25, 0.3) is 0 Å². The zero-order valence-corrected chi connectivity index (χ0v) is 11.9. The molecule has 0 bridgehead atoms. The van der Waals surface area contributed by atoms with Crippen LogP contribution >= 0.6 is 12.6 Å². The third kappa shape index (κ3) is 8.99. The molecule has 1 fully saturated rings. The highest BCUT2D eigenvalue weighted by atomic mass is 32.1. The predicted molar refractivity (Wildman–Crippen MR) is 80.5 cm³/mol. The van der Waals surface area contributed by atoms with Crippen LogP contribution in [0.2, 0.25) is 0 Å². The minimum atomic E-state index is 1.06. The van der Waals surface area contributed by atoms with Crippen molar-refractivity contribution in [2.24, 2.45) is 0 Å². The lowest BCUT2D eigenvalue weighted by Gasteiger charge is -2.06. The van der Waals surface area contributed by atoms with E-state index in [1.165, 1.54) is 70.1 Å². The molecule has 1 saturated carbocycles. The molecule has 0 saturated heterocycles. The number of thiol groups is 1. The topological polar surface area (TPSA) is 0 Å². The molecule has 0 amide bonds. The maximum absolute atomic E-state index is 4.23. The van der Waals surface area contributed by atoms with E-state index in [0.717, 1.165) is 5.75 Å². The van der Waals surface area contributed by atoms with Crippen molar-refractivity contribution < 1.29 is 0 Å². The van der Waals surface area contributed by atoms with E-state index >= 15 is 0 Å². The highest BCUT2D eigenvalue weighted by molar-refractivity contribution is 7.80. The molecule has 5 radical (unpaired) electrons. The molecule has 0 spiro atoms. The monoisotopic (exact) mass is 251 g/mol. The summed E-state index contributed by atoms with van der Waals surface area (Å²) in [5.41, 5.74) is 0. The third-order valence-corrected chi connectivity index (χ3v) is 3.67. The van der Waals surface area contributed by atoms with Crippen LogP contribution in [0.1, 0.15) is 64.2 Å². The fourth-order valence-corrected chi connectivity index (χ4v) is 2.48. The van der Waals surface area contributed by atoms with Crippen LogP contribution in [-0.2, 0) is 0 Å². The maximum atomic E-state index is 4.23. The highest BCUT2D eigenvalue weighted by Gasteiger charge is 2.15. The predicted octanol–water partition coefficient (Wildman–Crippen LogP) is 5.22. The minimum Gasteiger partial charge on any atom is -0.179 e. The van der Waals surface area contributed by atoms with Gasteiger partial charge in [-0.2, -0.15) is 12.6 Å². The number of hydrogen-bond donors (Lipinski definition) is 1. The van der Waals surface area contributed by atoms with Crippen molar-refractivity contribution in [3.05, 3.63) is 31.6 Å². The number of hydrogen-bond acceptors (Lipinski definition) is 1. The zero-order chi connectivity index (χ0) is 12.2. The highest BCUT2D eigenvalue weighted by Crippen LogP contribution is 2.28. The van der Waals surface area contributed by atoms with Crippen molar-refractivity contribution in [3.63, 3.8) is 0 Å². The Morgan fingerprint density at radius 3 is 1.65 bits per heavy atom. The Labute approximate surface area is 114 Å². The van der Waals surface area contributed by atoms with E-state index in [4.69, 9.17) is 0 Å². The zero-order valence-electron chi connectivity index (χ0n) is 11.0. The van der Waals surface area contributed by atoms with Gasteiger partial charge in [0, 0.05) is 0 Å². The van der Waals surface area contributed by atoms with Crippen LogP contribution in [-0.4, -0.2) is 5.75 Å². The molecule has 0 heterocycles. The van der Waals surface area contributed by atoms with E-state index in [-0.39, 0.29) is 0 Å². The third-order valence-electron chi connectivity index (χ3n) is 3.36. The van der Waals surface area contributed by atoms with Crippen molar-refractivity contribution >= 4 is 12.6 Å². The standard InChI is InChI=1S/C16H27S/c17-15-11-7-5-3-1-2-4-6-8-12-16-13-9-10-14-16/h9-10,13-14,17H,1-8,11-12,15H2. The van der Waals surface area contributed by atoms with E-state index in [9.17, 15) is 0 Å². The fourth-order valence-electron chi connectivity index (χ4n) is 2.26. The van der Waals surface area contributed by atoms with Gasteiger partial charge in [0.05, 0.1) is 0 Å². The van der Waals surface area contributed by atoms with Gasteiger partial charge < -0.3 is 0 Å². The summed E-state index contributed by atoms with van der Waals surface area (Å²) in [5.74, 6) is 2.57. The lowest BCUT2D eigenvalue weighted by molar-refractivity contribution is 0.562. The van der Waals surface area contributed by atoms with Gasteiger partial charge in [0.25, 0.3) is 0 Å². The van der Waals surface area contributed by atoms with Crippen LogP contribution in [0.5, 0.6) is 0 Å². The molecule has 1 aliphatic carbocycles. The van der Waals surface area contributed by atoms with Crippen molar-refractivity contribution in [3.8, 4) is 0 Å². The molecule has 1 heteroatoms. The first-order chi connectivity index (χ1) is 8.43. The summed E-state index contributed by atoms with van der Waals surface area (Å²) in [6.07, 6.45) is 22.6. The first-order valence-corrected chi connectivity index (χ1v) is 7.88. The average molecular weight is 251 g/mol. The van der Waals surface area contributed by atoms with Crippen molar-refractivity contribution in [1.29, 1.82) is 0 Å². The molecule has 17 heavy (non-hydrogen) atoms. The summed E-state index contributed by atoms with van der Waals surface area (Å²) >= 11 is 4.23. The van der Waals surface area contributed by atoms with Gasteiger partial charge in [0.2, 0.25) is 0 Å². The van der Waals surface area contributed by atoms with Crippen LogP contribution in [0.4, 0.5) is 0 Å². The van der Waals surface area contributed by atoms with Gasteiger partial charge in [0.1, 0.15) is 0 Å². The first kappa shape index (κ1) is 15.4. The van der Waals surface area contributed by atoms with Crippen molar-refractivity contribution in [1.82, 2.24) is 0 Å². The van der Waals surface area contributed by atoms with Gasteiger partial charge in [-0.05, 0) is 50.2 Å². The van der Waals surface area contributed by atoms with Crippen molar-refractivity contribution in [2.75, 3.05) is 5.75 Å². The quantitative estimate of drug-likeness (QED) is 0.377. The van der Waals surface area contributed by atoms with Crippen LogP contribution in [0.3, 0.4) is 0 Å². The van der Waals surface area contributed by atoms with E-state index in [1.54, 1.807) is 0 Å². The summed E-state index contributed by atoms with van der Waals surface area (Å²) in [5, 5.41) is 0. The molecule has 1 rings (SSSR count). The van der Waals surface area contributed by atoms with Crippen molar-refractivity contribution in [2.45, 2.75) is 64.2 Å². The van der Waals surface area contributed by atoms with Crippen LogP contribution < -0.4 is 0 Å². The summed E-state index contributed by atoms with van der Waals surface area (Å²) in [7, 11) is 0. The average Bonchev–Trinajstić information content (AvgIpc) is 2.85. The Kier molecular flexibility index (Phi) is 10.4. The van der Waals surface area contributed by atoms with Gasteiger partial charge >= 0.3 is 0 Å². The molecule has 0 aromatic heterocycles. The molecule has 0 atom stereocenters. The van der Waals surface area contributed by atoms with Gasteiger partial charge in [-0.25, -0.2) is 0 Å². The van der Waals surface area contributed by atoms with E-state index in [1.807, 2.05) is 0 Å². The number of rotatable bonds is 11. The normalized spacial score (nSPS) is 16.8. The van der Waals surface area contributed by atoms with Gasteiger partial charge in [-0.15, -0.1) is 0 Å². The molecule has 0 aromatic rings. The molecule has 0 nitrogen and oxygen atoms in total. The second-order valence-electron chi connectivity index (χ2n) is 4.95. The van der Waals surface area contributed by atoms with Gasteiger partial charge in [-0.3, -0.25) is 0 Å². The Bertz CT molecular complexity index is 150. The van der Waals surface area contributed by atoms with E-state index in [0.29, 0.717) is 0 Å². The molecule has 1 aliphatic rings. The summed E-state index contributed by atoms with van der Waals surface area (Å²) in [6.45, 7) is 0. The summed E-state index contributed by atoms with van der Waals surface area (Å²) in [6, 6.07) is 0. The fraction of sp³-hybridized carbons (Fsp3) is 0.688. The molecule has 0 aliphatic heterocycles. The van der Waals surface area contributed by atoms with Gasteiger partial charge in [0.15, 0.2) is 0 Å². The lowest BCUT2D eigenvalue weighted by atomic mass is 9.99. The van der Waals surface area contributed by atoms with Crippen LogP contribution in [0, 0.1) is 31.6 Å². The minimum absolute atomic E-state index is 1.06. The second-order valence-corrected chi connectivity index (χ2v) is 5.40. The lowest BCUT2D eigenvalue weighted by Crippen LogP contribution is -1.91. The Morgan fingerprint density at radius 1 is 0.647 bits per heavy atom. The van der Waals surface area contributed by atoms with E-state index < -0.39 is 0 Å². The Morgan fingerprint density at radius 2 is 1.12 bits per heavy atom. The summed E-state index contributed by atoms with van der Waals surface area (Å²) < 4.78 is 0. The van der Waals surface area contributed by atoms with Crippen LogP contribution in [0.15, 0.2) is 0 Å².